The molecule has 0 atom stereocenters. The van der Waals surface area contributed by atoms with E-state index in [2.05, 4.69) is 20.3 Å². The van der Waals surface area contributed by atoms with Crippen LogP contribution in [-0.2, 0) is 0 Å². The number of hydrogen-bond donors (Lipinski definition) is 1. The molecule has 1 N–H and O–H groups in total. The van der Waals surface area contributed by atoms with Gasteiger partial charge < -0.3 is 10.1 Å². The minimum absolute atomic E-state index is 0.239. The Hall–Kier alpha value is -2.68. The zero-order valence-electron chi connectivity index (χ0n) is 9.08. The van der Waals surface area contributed by atoms with Gasteiger partial charge in [0.2, 0.25) is 5.88 Å². The van der Waals surface area contributed by atoms with Crippen LogP contribution >= 0.6 is 0 Å². The summed E-state index contributed by atoms with van der Waals surface area (Å²) < 4.78 is 4.95. The number of ether oxygens (including phenoxy) is 1. The van der Waals surface area contributed by atoms with E-state index in [1.54, 1.807) is 25.4 Å². The molecule has 84 valence electrons. The SMILES string of the molecule is COc1ccc(Nc2nccnc2C#N)cn1. The van der Waals surface area contributed by atoms with Crippen molar-refractivity contribution in [2.45, 2.75) is 0 Å². The van der Waals surface area contributed by atoms with Crippen LogP contribution in [0, 0.1) is 11.3 Å². The highest BCUT2D eigenvalue weighted by atomic mass is 16.5. The van der Waals surface area contributed by atoms with Gasteiger partial charge in [-0.25, -0.2) is 15.0 Å². The molecule has 2 aromatic rings. The van der Waals surface area contributed by atoms with E-state index >= 15 is 0 Å². The normalized spacial score (nSPS) is 9.41. The molecule has 0 bridgehead atoms. The fraction of sp³-hybridized carbons (Fsp3) is 0.0909. The van der Waals surface area contributed by atoms with E-state index in [1.807, 2.05) is 6.07 Å². The molecule has 0 unspecified atom stereocenters. The molecule has 6 nitrogen and oxygen atoms in total. The van der Waals surface area contributed by atoms with Crippen molar-refractivity contribution in [1.82, 2.24) is 15.0 Å². The molecule has 0 fully saturated rings. The summed E-state index contributed by atoms with van der Waals surface area (Å²) in [4.78, 5) is 12.0. The maximum Gasteiger partial charge on any atom is 0.213 e. The summed E-state index contributed by atoms with van der Waals surface area (Å²) >= 11 is 0. The standard InChI is InChI=1S/C11H9N5O/c1-17-10-3-2-8(7-15-10)16-11-9(6-12)13-4-5-14-11/h2-5,7H,1H3,(H,14,16). The minimum atomic E-state index is 0.239. The van der Waals surface area contributed by atoms with E-state index in [-0.39, 0.29) is 5.69 Å². The molecule has 2 rings (SSSR count). The van der Waals surface area contributed by atoms with Crippen LogP contribution in [0.4, 0.5) is 11.5 Å². The lowest BCUT2D eigenvalue weighted by atomic mass is 10.3. The predicted octanol–water partition coefficient (Wildman–Crippen LogP) is 1.50. The van der Waals surface area contributed by atoms with Crippen LogP contribution in [0.3, 0.4) is 0 Å². The van der Waals surface area contributed by atoms with Crippen molar-refractivity contribution in [3.63, 3.8) is 0 Å². The van der Waals surface area contributed by atoms with E-state index < -0.39 is 0 Å². The van der Waals surface area contributed by atoms with Gasteiger partial charge in [-0.3, -0.25) is 0 Å². The largest absolute Gasteiger partial charge is 0.481 e. The van der Waals surface area contributed by atoms with Crippen LogP contribution in [0.2, 0.25) is 0 Å². The lowest BCUT2D eigenvalue weighted by Crippen LogP contribution is -1.99. The summed E-state index contributed by atoms with van der Waals surface area (Å²) in [5.41, 5.74) is 0.950. The van der Waals surface area contributed by atoms with E-state index in [0.29, 0.717) is 17.4 Å². The summed E-state index contributed by atoms with van der Waals surface area (Å²) in [5.74, 6) is 0.928. The predicted molar refractivity (Wildman–Crippen MR) is 60.8 cm³/mol. The Morgan fingerprint density at radius 3 is 2.71 bits per heavy atom. The Kier molecular flexibility index (Phi) is 3.12. The van der Waals surface area contributed by atoms with Gasteiger partial charge in [0.15, 0.2) is 11.5 Å². The zero-order chi connectivity index (χ0) is 12.1. The van der Waals surface area contributed by atoms with Gasteiger partial charge in [-0.15, -0.1) is 0 Å². The van der Waals surface area contributed by atoms with Gasteiger partial charge in [0.05, 0.1) is 19.0 Å². The zero-order valence-corrected chi connectivity index (χ0v) is 9.08. The van der Waals surface area contributed by atoms with Crippen LogP contribution in [0.25, 0.3) is 0 Å². The van der Waals surface area contributed by atoms with Crippen LogP contribution < -0.4 is 10.1 Å². The van der Waals surface area contributed by atoms with Crippen molar-refractivity contribution in [2.75, 3.05) is 12.4 Å². The molecule has 0 amide bonds. The number of nitriles is 1. The maximum atomic E-state index is 8.85. The molecular formula is C11H9N5O. The first kappa shape index (κ1) is 10.8. The van der Waals surface area contributed by atoms with Crippen LogP contribution in [-0.4, -0.2) is 22.1 Å². The molecule has 0 aliphatic rings. The Morgan fingerprint density at radius 1 is 1.24 bits per heavy atom. The summed E-state index contributed by atoms with van der Waals surface area (Å²) in [6.45, 7) is 0. The minimum Gasteiger partial charge on any atom is -0.481 e. The monoisotopic (exact) mass is 227 g/mol. The van der Waals surface area contributed by atoms with Gasteiger partial charge in [-0.1, -0.05) is 0 Å². The highest BCUT2D eigenvalue weighted by molar-refractivity contribution is 5.59. The fourth-order valence-electron chi connectivity index (χ4n) is 1.22. The average Bonchev–Trinajstić information content (AvgIpc) is 2.40. The molecular weight excluding hydrogens is 218 g/mol. The second-order valence-electron chi connectivity index (χ2n) is 3.08. The highest BCUT2D eigenvalue weighted by Crippen LogP contribution is 2.17. The third-order valence-corrected chi connectivity index (χ3v) is 2.01. The molecule has 17 heavy (non-hydrogen) atoms. The van der Waals surface area contributed by atoms with Crippen molar-refractivity contribution in [3.05, 3.63) is 36.4 Å². The summed E-state index contributed by atoms with van der Waals surface area (Å²) in [6, 6.07) is 5.45. The number of nitrogens with zero attached hydrogens (tertiary/aromatic N) is 4. The fourth-order valence-corrected chi connectivity index (χ4v) is 1.22. The number of hydrogen-bond acceptors (Lipinski definition) is 6. The molecule has 0 aliphatic heterocycles. The number of anilines is 2. The number of nitrogens with one attached hydrogen (secondary N) is 1. The molecule has 0 saturated carbocycles. The van der Waals surface area contributed by atoms with Crippen molar-refractivity contribution < 1.29 is 4.74 Å². The number of pyridine rings is 1. The molecule has 0 saturated heterocycles. The van der Waals surface area contributed by atoms with Gasteiger partial charge >= 0.3 is 0 Å². The third-order valence-electron chi connectivity index (χ3n) is 2.01. The Morgan fingerprint density at radius 2 is 2.06 bits per heavy atom. The van der Waals surface area contributed by atoms with Crippen LogP contribution in [0.5, 0.6) is 5.88 Å². The summed E-state index contributed by atoms with van der Waals surface area (Å²) in [5, 5.41) is 11.8. The van der Waals surface area contributed by atoms with Crippen LogP contribution in [0.15, 0.2) is 30.7 Å². The smallest absolute Gasteiger partial charge is 0.213 e. The summed E-state index contributed by atoms with van der Waals surface area (Å²) in [6.07, 6.45) is 4.57. The first-order valence-electron chi connectivity index (χ1n) is 4.81. The van der Waals surface area contributed by atoms with E-state index in [1.165, 1.54) is 12.4 Å². The van der Waals surface area contributed by atoms with Crippen molar-refractivity contribution in [1.29, 1.82) is 5.26 Å². The quantitative estimate of drug-likeness (QED) is 0.855. The van der Waals surface area contributed by atoms with E-state index in [4.69, 9.17) is 10.00 Å². The molecule has 0 aromatic carbocycles. The van der Waals surface area contributed by atoms with Crippen molar-refractivity contribution in [3.8, 4) is 11.9 Å². The maximum absolute atomic E-state index is 8.85. The number of aromatic nitrogens is 3. The van der Waals surface area contributed by atoms with Gasteiger partial charge in [0.25, 0.3) is 0 Å². The van der Waals surface area contributed by atoms with Gasteiger partial charge in [-0.2, -0.15) is 5.26 Å². The lowest BCUT2D eigenvalue weighted by Gasteiger charge is -2.06. The molecule has 0 radical (unpaired) electrons. The van der Waals surface area contributed by atoms with Crippen molar-refractivity contribution in [2.24, 2.45) is 0 Å². The second-order valence-corrected chi connectivity index (χ2v) is 3.08. The molecule has 2 heterocycles. The number of methoxy groups -OCH3 is 1. The first-order valence-corrected chi connectivity index (χ1v) is 4.81. The highest BCUT2D eigenvalue weighted by Gasteiger charge is 2.04. The molecule has 6 heteroatoms. The Bertz CT molecular complexity index is 547. The number of rotatable bonds is 3. The van der Waals surface area contributed by atoms with E-state index in [0.717, 1.165) is 0 Å². The Balaban J connectivity index is 2.23. The second kappa shape index (κ2) is 4.90. The third kappa shape index (κ3) is 2.46. The Labute approximate surface area is 97.9 Å². The van der Waals surface area contributed by atoms with Crippen molar-refractivity contribution >= 4 is 11.5 Å². The molecule has 0 aliphatic carbocycles. The lowest BCUT2D eigenvalue weighted by molar-refractivity contribution is 0.398. The topological polar surface area (TPSA) is 83.7 Å². The van der Waals surface area contributed by atoms with Gasteiger partial charge in [0, 0.05) is 18.5 Å². The molecule has 0 spiro atoms. The van der Waals surface area contributed by atoms with Gasteiger partial charge in [-0.05, 0) is 6.07 Å². The molecule has 2 aromatic heterocycles. The average molecular weight is 227 g/mol. The van der Waals surface area contributed by atoms with E-state index in [9.17, 15) is 0 Å². The first-order chi connectivity index (χ1) is 8.33. The van der Waals surface area contributed by atoms with Gasteiger partial charge in [0.1, 0.15) is 6.07 Å². The van der Waals surface area contributed by atoms with Crippen LogP contribution in [0.1, 0.15) is 5.69 Å². The summed E-state index contributed by atoms with van der Waals surface area (Å²) in [7, 11) is 1.55.